The van der Waals surface area contributed by atoms with Gasteiger partial charge in [-0.25, -0.2) is 8.42 Å². The molecule has 0 radical (unpaired) electrons. The molecule has 0 aromatic heterocycles. The van der Waals surface area contributed by atoms with Crippen molar-refractivity contribution in [1.82, 2.24) is 14.5 Å². The molecule has 2 saturated heterocycles. The van der Waals surface area contributed by atoms with E-state index in [0.717, 1.165) is 63.3 Å². The van der Waals surface area contributed by atoms with Gasteiger partial charge in [-0.3, -0.25) is 4.99 Å². The molecule has 9 heteroatoms. The molecular formula is C21H35IN4O3S. The van der Waals surface area contributed by atoms with Crippen LogP contribution in [0.5, 0.6) is 0 Å². The van der Waals surface area contributed by atoms with Crippen LogP contribution in [0.15, 0.2) is 34.2 Å². The average molecular weight is 551 g/mol. The van der Waals surface area contributed by atoms with Crippen molar-refractivity contribution in [1.29, 1.82) is 0 Å². The minimum absolute atomic E-state index is 0. The molecule has 1 N–H and O–H groups in total. The fourth-order valence-electron chi connectivity index (χ4n) is 4.02. The normalized spacial score (nSPS) is 19.4. The van der Waals surface area contributed by atoms with Gasteiger partial charge in [0.25, 0.3) is 0 Å². The first-order valence-electron chi connectivity index (χ1n) is 10.7. The molecule has 7 nitrogen and oxygen atoms in total. The zero-order valence-electron chi connectivity index (χ0n) is 18.0. The van der Waals surface area contributed by atoms with Crippen LogP contribution in [0.2, 0.25) is 0 Å². The number of sulfonamides is 1. The summed E-state index contributed by atoms with van der Waals surface area (Å²) >= 11 is 0. The Morgan fingerprint density at radius 3 is 2.30 bits per heavy atom. The van der Waals surface area contributed by atoms with Crippen molar-refractivity contribution in [3.63, 3.8) is 0 Å². The predicted octanol–water partition coefficient (Wildman–Crippen LogP) is 3.06. The predicted molar refractivity (Wildman–Crippen MR) is 131 cm³/mol. The summed E-state index contributed by atoms with van der Waals surface area (Å²) in [6, 6.07) is 7.21. The van der Waals surface area contributed by atoms with Crippen LogP contribution in [0.4, 0.5) is 0 Å². The van der Waals surface area contributed by atoms with Crippen LogP contribution in [-0.2, 0) is 21.3 Å². The Morgan fingerprint density at radius 2 is 1.73 bits per heavy atom. The lowest BCUT2D eigenvalue weighted by Crippen LogP contribution is -2.46. The first-order chi connectivity index (χ1) is 14.0. The van der Waals surface area contributed by atoms with Gasteiger partial charge in [0, 0.05) is 46.4 Å². The summed E-state index contributed by atoms with van der Waals surface area (Å²) in [5, 5.41) is 3.40. The van der Waals surface area contributed by atoms with E-state index in [1.54, 1.807) is 23.5 Å². The molecule has 0 unspecified atom stereocenters. The third kappa shape index (κ3) is 6.54. The van der Waals surface area contributed by atoms with Gasteiger partial charge >= 0.3 is 0 Å². The summed E-state index contributed by atoms with van der Waals surface area (Å²) in [4.78, 5) is 7.04. The standard InChI is InChI=1S/C21H34N4O3S.HI/c1-3-28-19-11-15-24(16-12-19)21(22-2)23-17-18-7-9-20(10-8-18)29(26,27)25-13-5-4-6-14-25;/h7-10,19H,3-6,11-17H2,1-2H3,(H,22,23);1H. The number of piperidine rings is 2. The summed E-state index contributed by atoms with van der Waals surface area (Å²) < 4.78 is 32.9. The van der Waals surface area contributed by atoms with E-state index in [2.05, 4.69) is 15.2 Å². The molecule has 0 atom stereocenters. The van der Waals surface area contributed by atoms with Crippen molar-refractivity contribution >= 4 is 40.0 Å². The van der Waals surface area contributed by atoms with Crippen LogP contribution in [0.1, 0.15) is 44.6 Å². The lowest BCUT2D eigenvalue weighted by molar-refractivity contribution is 0.0263. The Balaban J connectivity index is 0.00000320. The van der Waals surface area contributed by atoms with Crippen molar-refractivity contribution in [2.75, 3.05) is 39.8 Å². The van der Waals surface area contributed by atoms with Gasteiger partial charge in [0.15, 0.2) is 5.96 Å². The highest BCUT2D eigenvalue weighted by Gasteiger charge is 2.26. The van der Waals surface area contributed by atoms with Gasteiger partial charge in [0.1, 0.15) is 0 Å². The van der Waals surface area contributed by atoms with E-state index in [4.69, 9.17) is 4.74 Å². The third-order valence-corrected chi connectivity index (χ3v) is 7.60. The number of halogens is 1. The zero-order valence-corrected chi connectivity index (χ0v) is 21.2. The smallest absolute Gasteiger partial charge is 0.243 e. The molecular weight excluding hydrogens is 515 g/mol. The maximum atomic E-state index is 12.8. The van der Waals surface area contributed by atoms with Gasteiger partial charge in [-0.1, -0.05) is 18.6 Å². The van der Waals surface area contributed by atoms with Gasteiger partial charge in [0.05, 0.1) is 11.0 Å². The lowest BCUT2D eigenvalue weighted by atomic mass is 10.1. The van der Waals surface area contributed by atoms with Crippen molar-refractivity contribution in [3.05, 3.63) is 29.8 Å². The van der Waals surface area contributed by atoms with Crippen LogP contribution in [0.25, 0.3) is 0 Å². The number of guanidine groups is 1. The second kappa shape index (κ2) is 12.2. The monoisotopic (exact) mass is 550 g/mol. The molecule has 170 valence electrons. The number of rotatable bonds is 6. The highest BCUT2D eigenvalue weighted by atomic mass is 127. The molecule has 1 aromatic rings. The first kappa shape index (κ1) is 25.4. The molecule has 1 aromatic carbocycles. The molecule has 2 aliphatic heterocycles. The molecule has 2 fully saturated rings. The third-order valence-electron chi connectivity index (χ3n) is 5.68. The van der Waals surface area contributed by atoms with Crippen molar-refractivity contribution in [2.45, 2.75) is 56.6 Å². The second-order valence-corrected chi connectivity index (χ2v) is 9.59. The number of nitrogens with zero attached hydrogens (tertiary/aromatic N) is 3. The van der Waals surface area contributed by atoms with Gasteiger partial charge in [-0.2, -0.15) is 4.31 Å². The van der Waals surface area contributed by atoms with Gasteiger partial charge in [-0.15, -0.1) is 24.0 Å². The first-order valence-corrected chi connectivity index (χ1v) is 12.1. The van der Waals surface area contributed by atoms with E-state index < -0.39 is 10.0 Å². The molecule has 0 amide bonds. The number of nitrogens with one attached hydrogen (secondary N) is 1. The van der Waals surface area contributed by atoms with E-state index in [0.29, 0.717) is 30.6 Å². The molecule has 2 heterocycles. The maximum Gasteiger partial charge on any atom is 0.243 e. The minimum atomic E-state index is -3.37. The average Bonchev–Trinajstić information content (AvgIpc) is 2.76. The molecule has 2 aliphatic rings. The maximum absolute atomic E-state index is 12.8. The minimum Gasteiger partial charge on any atom is -0.378 e. The fraction of sp³-hybridized carbons (Fsp3) is 0.667. The number of aliphatic imine (C=N–C) groups is 1. The SMILES string of the molecule is CCOC1CCN(C(=NC)NCc2ccc(S(=O)(=O)N3CCCCC3)cc2)CC1.I. The topological polar surface area (TPSA) is 74.2 Å². The molecule has 30 heavy (non-hydrogen) atoms. The highest BCUT2D eigenvalue weighted by molar-refractivity contribution is 14.0. The van der Waals surface area contributed by atoms with Gasteiger partial charge < -0.3 is 15.0 Å². The summed E-state index contributed by atoms with van der Waals surface area (Å²) in [6.07, 6.45) is 5.38. The zero-order chi connectivity index (χ0) is 20.7. The fourth-order valence-corrected chi connectivity index (χ4v) is 5.53. The van der Waals surface area contributed by atoms with Crippen molar-refractivity contribution < 1.29 is 13.2 Å². The summed E-state index contributed by atoms with van der Waals surface area (Å²) in [5.41, 5.74) is 1.04. The summed E-state index contributed by atoms with van der Waals surface area (Å²) in [7, 11) is -1.58. The Morgan fingerprint density at radius 1 is 1.10 bits per heavy atom. The Bertz CT molecular complexity index is 772. The molecule has 0 saturated carbocycles. The van der Waals surface area contributed by atoms with E-state index in [9.17, 15) is 8.42 Å². The van der Waals surface area contributed by atoms with Crippen LogP contribution in [0, 0.1) is 0 Å². The Hall–Kier alpha value is -0.910. The lowest BCUT2D eigenvalue weighted by Gasteiger charge is -2.34. The highest BCUT2D eigenvalue weighted by Crippen LogP contribution is 2.21. The molecule has 3 rings (SSSR count). The molecule has 0 bridgehead atoms. The Labute approximate surface area is 198 Å². The van der Waals surface area contributed by atoms with Gasteiger partial charge in [-0.05, 0) is 50.3 Å². The number of ether oxygens (including phenoxy) is 1. The number of hydrogen-bond donors (Lipinski definition) is 1. The number of likely N-dealkylation sites (tertiary alicyclic amines) is 1. The molecule has 0 aliphatic carbocycles. The summed E-state index contributed by atoms with van der Waals surface area (Å²) in [5.74, 6) is 0.880. The van der Waals surface area contributed by atoms with E-state index >= 15 is 0 Å². The Kier molecular flexibility index (Phi) is 10.3. The van der Waals surface area contributed by atoms with E-state index in [1.807, 2.05) is 19.1 Å². The van der Waals surface area contributed by atoms with E-state index in [1.165, 1.54) is 0 Å². The van der Waals surface area contributed by atoms with Crippen molar-refractivity contribution in [3.8, 4) is 0 Å². The van der Waals surface area contributed by atoms with Crippen LogP contribution < -0.4 is 5.32 Å². The second-order valence-electron chi connectivity index (χ2n) is 7.65. The van der Waals surface area contributed by atoms with Gasteiger partial charge in [0.2, 0.25) is 10.0 Å². The van der Waals surface area contributed by atoms with Crippen molar-refractivity contribution in [2.24, 2.45) is 4.99 Å². The summed E-state index contributed by atoms with van der Waals surface area (Å²) in [6.45, 7) is 6.53. The van der Waals surface area contributed by atoms with Crippen LogP contribution in [0.3, 0.4) is 0 Å². The quantitative estimate of drug-likeness (QED) is 0.335. The number of benzene rings is 1. The largest absolute Gasteiger partial charge is 0.378 e. The molecule has 0 spiro atoms. The van der Waals surface area contributed by atoms with Crippen LogP contribution in [-0.4, -0.2) is 69.5 Å². The van der Waals surface area contributed by atoms with E-state index in [-0.39, 0.29) is 24.0 Å². The van der Waals surface area contributed by atoms with Crippen LogP contribution >= 0.6 is 24.0 Å². The number of hydrogen-bond acceptors (Lipinski definition) is 4.